The minimum atomic E-state index is 0.0915. The van der Waals surface area contributed by atoms with Gasteiger partial charge in [0, 0.05) is 10.0 Å². The maximum absolute atomic E-state index is 12.3. The van der Waals surface area contributed by atoms with Gasteiger partial charge in [-0.15, -0.1) is 11.3 Å². The molecule has 17 heavy (non-hydrogen) atoms. The van der Waals surface area contributed by atoms with E-state index in [1.54, 1.807) is 0 Å². The third-order valence-electron chi connectivity index (χ3n) is 2.55. The smallest absolute Gasteiger partial charge is 0.203 e. The van der Waals surface area contributed by atoms with Crippen LogP contribution in [0.15, 0.2) is 32.5 Å². The molecule has 2 aromatic rings. The van der Waals surface area contributed by atoms with Crippen molar-refractivity contribution in [3.05, 3.63) is 54.1 Å². The van der Waals surface area contributed by atoms with E-state index in [-0.39, 0.29) is 5.78 Å². The first kappa shape index (κ1) is 13.0. The Balaban J connectivity index is 2.47. The maximum Gasteiger partial charge on any atom is 0.203 e. The van der Waals surface area contributed by atoms with Crippen molar-refractivity contribution in [1.82, 2.24) is 0 Å². The zero-order chi connectivity index (χ0) is 12.6. The fourth-order valence-corrected chi connectivity index (χ4v) is 3.39. The van der Waals surface area contributed by atoms with Gasteiger partial charge in [0.25, 0.3) is 0 Å². The second-order valence-electron chi connectivity index (χ2n) is 3.85. The van der Waals surface area contributed by atoms with E-state index in [0.717, 1.165) is 29.8 Å². The summed E-state index contributed by atoms with van der Waals surface area (Å²) in [5.74, 6) is 0.0915. The molecule has 0 saturated carbocycles. The molecule has 1 heterocycles. The first-order valence-corrected chi connectivity index (χ1v) is 7.46. The van der Waals surface area contributed by atoms with Crippen LogP contribution >= 0.6 is 43.2 Å². The van der Waals surface area contributed by atoms with Gasteiger partial charge in [0.1, 0.15) is 0 Å². The number of hydrogen-bond acceptors (Lipinski definition) is 2. The Morgan fingerprint density at radius 1 is 1.12 bits per heavy atom. The van der Waals surface area contributed by atoms with E-state index in [9.17, 15) is 4.79 Å². The topological polar surface area (TPSA) is 17.1 Å². The van der Waals surface area contributed by atoms with Crippen molar-refractivity contribution < 1.29 is 4.79 Å². The van der Waals surface area contributed by atoms with Gasteiger partial charge in [-0.1, -0.05) is 15.9 Å². The van der Waals surface area contributed by atoms with Gasteiger partial charge in [-0.05, 0) is 65.2 Å². The monoisotopic (exact) mass is 372 g/mol. The Hall–Kier alpha value is -0.450. The van der Waals surface area contributed by atoms with Gasteiger partial charge in [0.05, 0.1) is 8.66 Å². The highest BCUT2D eigenvalue weighted by atomic mass is 79.9. The van der Waals surface area contributed by atoms with Crippen LogP contribution in [-0.2, 0) is 0 Å². The lowest BCUT2D eigenvalue weighted by atomic mass is 10.0. The minimum Gasteiger partial charge on any atom is -0.288 e. The number of ketones is 1. The summed E-state index contributed by atoms with van der Waals surface area (Å²) in [5.41, 5.74) is 2.85. The van der Waals surface area contributed by atoms with Crippen molar-refractivity contribution in [1.29, 1.82) is 0 Å². The molecule has 88 valence electrons. The molecule has 0 N–H and O–H groups in total. The Morgan fingerprint density at radius 3 is 2.41 bits per heavy atom. The predicted octanol–water partition coefficient (Wildman–Crippen LogP) is 5.12. The zero-order valence-corrected chi connectivity index (χ0v) is 13.4. The summed E-state index contributed by atoms with van der Waals surface area (Å²) in [4.78, 5) is 13.1. The normalized spacial score (nSPS) is 10.6. The first-order valence-electron chi connectivity index (χ1n) is 5.06. The standard InChI is InChI=1S/C13H10Br2OS/c1-7-6-10(14)8(2)5-9(7)13(16)11-3-4-12(15)17-11/h3-6H,1-2H3. The van der Waals surface area contributed by atoms with Gasteiger partial charge in [0.15, 0.2) is 0 Å². The fraction of sp³-hybridized carbons (Fsp3) is 0.154. The summed E-state index contributed by atoms with van der Waals surface area (Å²) in [7, 11) is 0. The number of aryl methyl sites for hydroxylation is 2. The summed E-state index contributed by atoms with van der Waals surface area (Å²) in [6.45, 7) is 3.95. The second kappa shape index (κ2) is 5.04. The number of halogens is 2. The zero-order valence-electron chi connectivity index (χ0n) is 9.38. The lowest BCUT2D eigenvalue weighted by molar-refractivity contribution is 0.104. The summed E-state index contributed by atoms with van der Waals surface area (Å²) in [6, 6.07) is 7.69. The summed E-state index contributed by atoms with van der Waals surface area (Å²) in [6.07, 6.45) is 0. The molecule has 1 aromatic heterocycles. The summed E-state index contributed by atoms with van der Waals surface area (Å²) >= 11 is 8.31. The van der Waals surface area contributed by atoms with Crippen molar-refractivity contribution in [2.24, 2.45) is 0 Å². The molecule has 1 aromatic carbocycles. The highest BCUT2D eigenvalue weighted by Crippen LogP contribution is 2.27. The molecule has 2 rings (SSSR count). The van der Waals surface area contributed by atoms with E-state index in [4.69, 9.17) is 0 Å². The van der Waals surface area contributed by atoms with E-state index in [0.29, 0.717) is 0 Å². The number of hydrogen-bond donors (Lipinski definition) is 0. The summed E-state index contributed by atoms with van der Waals surface area (Å²) in [5, 5.41) is 0. The number of rotatable bonds is 2. The number of carbonyl (C=O) groups excluding carboxylic acids is 1. The fourth-order valence-electron chi connectivity index (χ4n) is 1.59. The minimum absolute atomic E-state index is 0.0915. The van der Waals surface area contributed by atoms with Crippen molar-refractivity contribution in [3.63, 3.8) is 0 Å². The lowest BCUT2D eigenvalue weighted by Crippen LogP contribution is -2.02. The van der Waals surface area contributed by atoms with E-state index in [2.05, 4.69) is 31.9 Å². The lowest BCUT2D eigenvalue weighted by Gasteiger charge is -2.06. The van der Waals surface area contributed by atoms with Gasteiger partial charge in [-0.25, -0.2) is 0 Å². The van der Waals surface area contributed by atoms with E-state index in [1.165, 1.54) is 11.3 Å². The van der Waals surface area contributed by atoms with E-state index in [1.807, 2.05) is 38.1 Å². The first-order chi connectivity index (χ1) is 7.99. The van der Waals surface area contributed by atoms with Crippen LogP contribution in [0.1, 0.15) is 26.4 Å². The molecule has 0 bridgehead atoms. The predicted molar refractivity (Wildman–Crippen MR) is 79.1 cm³/mol. The molecule has 0 fully saturated rings. The van der Waals surface area contributed by atoms with Crippen molar-refractivity contribution in [3.8, 4) is 0 Å². The number of thiophene rings is 1. The average Bonchev–Trinajstić information content (AvgIpc) is 2.69. The highest BCUT2D eigenvalue weighted by Gasteiger charge is 2.15. The summed E-state index contributed by atoms with van der Waals surface area (Å²) < 4.78 is 2.02. The number of benzene rings is 1. The Kier molecular flexibility index (Phi) is 3.85. The van der Waals surface area contributed by atoms with Crippen LogP contribution in [0.25, 0.3) is 0 Å². The molecule has 1 nitrogen and oxygen atoms in total. The Labute approximate surface area is 121 Å². The van der Waals surface area contributed by atoms with Gasteiger partial charge in [-0.3, -0.25) is 4.79 Å². The molecule has 0 saturated heterocycles. The molecule has 0 aliphatic carbocycles. The van der Waals surface area contributed by atoms with Crippen LogP contribution in [-0.4, -0.2) is 5.78 Å². The molecular formula is C13H10Br2OS. The molecule has 0 unspecified atom stereocenters. The molecule has 0 radical (unpaired) electrons. The van der Waals surface area contributed by atoms with Gasteiger partial charge >= 0.3 is 0 Å². The third kappa shape index (κ3) is 2.69. The molecule has 4 heteroatoms. The van der Waals surface area contributed by atoms with Crippen LogP contribution in [0, 0.1) is 13.8 Å². The highest BCUT2D eigenvalue weighted by molar-refractivity contribution is 9.11. The second-order valence-corrected chi connectivity index (χ2v) is 7.17. The van der Waals surface area contributed by atoms with Crippen LogP contribution in [0.2, 0.25) is 0 Å². The molecule has 0 aliphatic heterocycles. The SMILES string of the molecule is Cc1cc(C(=O)c2ccc(Br)s2)c(C)cc1Br. The molecule has 0 spiro atoms. The molecular weight excluding hydrogens is 364 g/mol. The largest absolute Gasteiger partial charge is 0.288 e. The van der Waals surface area contributed by atoms with Gasteiger partial charge in [0.2, 0.25) is 5.78 Å². The molecule has 0 atom stereocenters. The van der Waals surface area contributed by atoms with Crippen molar-refractivity contribution in [2.45, 2.75) is 13.8 Å². The van der Waals surface area contributed by atoms with Crippen LogP contribution in [0.4, 0.5) is 0 Å². The quantitative estimate of drug-likeness (QED) is 0.667. The van der Waals surface area contributed by atoms with Gasteiger partial charge in [-0.2, -0.15) is 0 Å². The van der Waals surface area contributed by atoms with Crippen LogP contribution in [0.5, 0.6) is 0 Å². The van der Waals surface area contributed by atoms with E-state index >= 15 is 0 Å². The molecule has 0 amide bonds. The van der Waals surface area contributed by atoms with Gasteiger partial charge < -0.3 is 0 Å². The van der Waals surface area contributed by atoms with Crippen LogP contribution < -0.4 is 0 Å². The Bertz CT molecular complexity index is 587. The van der Waals surface area contributed by atoms with Crippen LogP contribution in [0.3, 0.4) is 0 Å². The van der Waals surface area contributed by atoms with Crippen molar-refractivity contribution in [2.75, 3.05) is 0 Å². The van der Waals surface area contributed by atoms with Crippen molar-refractivity contribution >= 4 is 49.0 Å². The maximum atomic E-state index is 12.3. The molecule has 0 aliphatic rings. The Morgan fingerprint density at radius 2 is 1.82 bits per heavy atom. The average molecular weight is 374 g/mol. The number of carbonyl (C=O) groups is 1. The van der Waals surface area contributed by atoms with E-state index < -0.39 is 0 Å². The third-order valence-corrected chi connectivity index (χ3v) is 5.02.